The Kier molecular flexibility index (Phi) is 9.76. The lowest BCUT2D eigenvalue weighted by Gasteiger charge is -2.24. The Morgan fingerprint density at radius 2 is 1.41 bits per heavy atom. The van der Waals surface area contributed by atoms with Gasteiger partial charge in [0.15, 0.2) is 0 Å². The number of benzene rings is 2. The van der Waals surface area contributed by atoms with Crippen LogP contribution in [0.3, 0.4) is 0 Å². The molecule has 0 aliphatic rings. The number of para-hydroxylation sites is 1. The molecule has 9 N–H and O–H groups in total. The third-order valence-electron chi connectivity index (χ3n) is 6.08. The summed E-state index contributed by atoms with van der Waals surface area (Å²) in [5.74, 6) is -4.46. The molecule has 0 saturated carbocycles. The minimum atomic E-state index is -1.48. The number of amides is 4. The lowest BCUT2D eigenvalue weighted by Crippen LogP contribution is -2.58. The molecule has 0 saturated heterocycles. The van der Waals surface area contributed by atoms with Gasteiger partial charge in [-0.3, -0.25) is 19.2 Å². The van der Waals surface area contributed by atoms with Crippen LogP contribution in [0.25, 0.3) is 10.9 Å². The number of H-pyrrole nitrogens is 1. The smallest absolute Gasteiger partial charge is 0.326 e. The number of rotatable bonds is 13. The van der Waals surface area contributed by atoms with E-state index in [9.17, 15) is 29.1 Å². The fraction of sp³-hybridized carbons (Fsp3) is 0.296. The first kappa shape index (κ1) is 28.9. The Labute approximate surface area is 224 Å². The van der Waals surface area contributed by atoms with Crippen molar-refractivity contribution in [1.82, 2.24) is 20.9 Å². The summed E-state index contributed by atoms with van der Waals surface area (Å²) < 4.78 is 0. The predicted molar refractivity (Wildman–Crippen MR) is 143 cm³/mol. The maximum atomic E-state index is 13.3. The number of carbonyl (C=O) groups is 5. The van der Waals surface area contributed by atoms with E-state index in [0.717, 1.165) is 16.5 Å². The van der Waals surface area contributed by atoms with Crippen LogP contribution in [0.2, 0.25) is 0 Å². The number of fused-ring (bicyclic) bond motifs is 1. The molecule has 0 spiro atoms. The van der Waals surface area contributed by atoms with Crippen molar-refractivity contribution in [3.05, 3.63) is 71.9 Å². The van der Waals surface area contributed by atoms with Crippen LogP contribution < -0.4 is 27.4 Å². The maximum Gasteiger partial charge on any atom is 0.326 e. The summed E-state index contributed by atoms with van der Waals surface area (Å²) in [4.78, 5) is 65.5. The summed E-state index contributed by atoms with van der Waals surface area (Å²) in [6.07, 6.45) is 1.14. The van der Waals surface area contributed by atoms with Crippen molar-refractivity contribution in [3.8, 4) is 0 Å². The van der Waals surface area contributed by atoms with E-state index in [-0.39, 0.29) is 12.8 Å². The van der Waals surface area contributed by atoms with Gasteiger partial charge in [0.25, 0.3) is 0 Å². The topological polar surface area (TPSA) is 209 Å². The second-order valence-electron chi connectivity index (χ2n) is 9.23. The van der Waals surface area contributed by atoms with Gasteiger partial charge in [-0.05, 0) is 24.1 Å². The third kappa shape index (κ3) is 8.14. The average molecular weight is 537 g/mol. The molecule has 1 heterocycles. The summed E-state index contributed by atoms with van der Waals surface area (Å²) in [6, 6.07) is 11.2. The molecule has 0 aliphatic heterocycles. The Balaban J connectivity index is 1.80. The maximum absolute atomic E-state index is 13.3. The van der Waals surface area contributed by atoms with Gasteiger partial charge in [0.05, 0.1) is 12.5 Å². The van der Waals surface area contributed by atoms with Gasteiger partial charge < -0.3 is 37.5 Å². The van der Waals surface area contributed by atoms with E-state index in [1.54, 1.807) is 36.5 Å². The zero-order chi connectivity index (χ0) is 28.5. The first-order valence-corrected chi connectivity index (χ1v) is 12.3. The van der Waals surface area contributed by atoms with E-state index in [2.05, 4.69) is 20.9 Å². The van der Waals surface area contributed by atoms with Crippen molar-refractivity contribution in [2.75, 3.05) is 0 Å². The van der Waals surface area contributed by atoms with E-state index in [0.29, 0.717) is 5.56 Å². The van der Waals surface area contributed by atoms with E-state index >= 15 is 0 Å². The Morgan fingerprint density at radius 1 is 0.821 bits per heavy atom. The quantitative estimate of drug-likeness (QED) is 0.155. The molecule has 206 valence electrons. The van der Waals surface area contributed by atoms with Crippen molar-refractivity contribution in [2.45, 2.75) is 50.4 Å². The zero-order valence-corrected chi connectivity index (χ0v) is 21.3. The highest BCUT2D eigenvalue weighted by Gasteiger charge is 2.31. The highest BCUT2D eigenvalue weighted by Crippen LogP contribution is 2.19. The van der Waals surface area contributed by atoms with Crippen LogP contribution in [-0.2, 0) is 36.8 Å². The molecule has 39 heavy (non-hydrogen) atoms. The molecule has 0 aliphatic carbocycles. The van der Waals surface area contributed by atoms with Gasteiger partial charge in [0, 0.05) is 29.9 Å². The molecule has 0 bridgehead atoms. The molecule has 4 atom stereocenters. The zero-order valence-electron chi connectivity index (χ0n) is 21.3. The second-order valence-corrected chi connectivity index (χ2v) is 9.23. The van der Waals surface area contributed by atoms with Gasteiger partial charge in [-0.15, -0.1) is 0 Å². The van der Waals surface area contributed by atoms with Crippen LogP contribution >= 0.6 is 0 Å². The van der Waals surface area contributed by atoms with Crippen LogP contribution in [0.1, 0.15) is 24.5 Å². The summed E-state index contributed by atoms with van der Waals surface area (Å²) in [6.45, 7) is 1.46. The number of primary amides is 1. The number of carboxylic acid groups (broad SMARTS) is 1. The second kappa shape index (κ2) is 13.2. The first-order valence-electron chi connectivity index (χ1n) is 12.3. The van der Waals surface area contributed by atoms with Crippen LogP contribution in [-0.4, -0.2) is 63.9 Å². The predicted octanol–water partition coefficient (Wildman–Crippen LogP) is -0.285. The Bertz CT molecular complexity index is 1340. The van der Waals surface area contributed by atoms with E-state index in [1.807, 2.05) is 24.3 Å². The standard InChI is InChI=1S/C27H32N6O6/c1-15(28)24(35)31-20(12-17-14-30-19-10-6-5-9-18(17)19)25(36)32-21(13-23(29)34)26(37)33-22(27(38)39)11-16-7-3-2-4-8-16/h2-10,14-15,20-22,30H,11-13,28H2,1H3,(H2,29,34)(H,31,35)(H,32,36)(H,33,37)(H,38,39). The number of carboxylic acids is 1. The fourth-order valence-corrected chi connectivity index (χ4v) is 4.04. The third-order valence-corrected chi connectivity index (χ3v) is 6.08. The largest absolute Gasteiger partial charge is 0.480 e. The minimum absolute atomic E-state index is 0.0210. The minimum Gasteiger partial charge on any atom is -0.480 e. The van der Waals surface area contributed by atoms with Gasteiger partial charge in [-0.25, -0.2) is 4.79 Å². The monoisotopic (exact) mass is 536 g/mol. The molecular weight excluding hydrogens is 504 g/mol. The number of aliphatic carboxylic acids is 1. The summed E-state index contributed by atoms with van der Waals surface area (Å²) in [7, 11) is 0. The molecule has 12 nitrogen and oxygen atoms in total. The first-order chi connectivity index (χ1) is 18.5. The Morgan fingerprint density at radius 3 is 2.05 bits per heavy atom. The lowest BCUT2D eigenvalue weighted by atomic mass is 10.0. The van der Waals surface area contributed by atoms with Crippen molar-refractivity contribution < 1.29 is 29.1 Å². The number of hydrogen-bond acceptors (Lipinski definition) is 6. The average Bonchev–Trinajstić information content (AvgIpc) is 3.30. The highest BCUT2D eigenvalue weighted by atomic mass is 16.4. The van der Waals surface area contributed by atoms with Crippen molar-refractivity contribution >= 4 is 40.5 Å². The molecule has 2 aromatic carbocycles. The molecular formula is C27H32N6O6. The van der Waals surface area contributed by atoms with E-state index in [1.165, 1.54) is 6.92 Å². The number of nitrogens with two attached hydrogens (primary N) is 2. The molecule has 3 rings (SSSR count). The van der Waals surface area contributed by atoms with Crippen LogP contribution in [0.4, 0.5) is 0 Å². The SMILES string of the molecule is CC(N)C(=O)NC(Cc1c[nH]c2ccccc12)C(=O)NC(CC(N)=O)C(=O)NC(Cc1ccccc1)C(=O)O. The van der Waals surface area contributed by atoms with Crippen molar-refractivity contribution in [3.63, 3.8) is 0 Å². The summed E-state index contributed by atoms with van der Waals surface area (Å²) in [5.41, 5.74) is 13.2. The van der Waals surface area contributed by atoms with Crippen molar-refractivity contribution in [1.29, 1.82) is 0 Å². The molecule has 12 heteroatoms. The summed E-state index contributed by atoms with van der Waals surface area (Å²) >= 11 is 0. The fourth-order valence-electron chi connectivity index (χ4n) is 4.04. The van der Waals surface area contributed by atoms with Gasteiger partial charge in [0.1, 0.15) is 18.1 Å². The van der Waals surface area contributed by atoms with Gasteiger partial charge in [-0.2, -0.15) is 0 Å². The molecule has 4 unspecified atom stereocenters. The number of aromatic nitrogens is 1. The van der Waals surface area contributed by atoms with Crippen LogP contribution in [0.5, 0.6) is 0 Å². The van der Waals surface area contributed by atoms with Crippen molar-refractivity contribution in [2.24, 2.45) is 11.5 Å². The van der Waals surface area contributed by atoms with Crippen LogP contribution in [0.15, 0.2) is 60.8 Å². The van der Waals surface area contributed by atoms with E-state index < -0.39 is 60.2 Å². The van der Waals surface area contributed by atoms with Gasteiger partial charge >= 0.3 is 5.97 Å². The normalized spacial score (nSPS) is 14.0. The van der Waals surface area contributed by atoms with Gasteiger partial charge in [0.2, 0.25) is 23.6 Å². The molecule has 4 amide bonds. The van der Waals surface area contributed by atoms with Crippen LogP contribution in [0, 0.1) is 0 Å². The molecule has 1 aromatic heterocycles. The Hall–Kier alpha value is -4.71. The number of carbonyl (C=O) groups excluding carboxylic acids is 4. The molecule has 0 fully saturated rings. The highest BCUT2D eigenvalue weighted by molar-refractivity contribution is 5.96. The van der Waals surface area contributed by atoms with E-state index in [4.69, 9.17) is 11.5 Å². The number of aromatic amines is 1. The number of nitrogens with one attached hydrogen (secondary N) is 4. The van der Waals surface area contributed by atoms with Gasteiger partial charge in [-0.1, -0.05) is 48.5 Å². The number of hydrogen-bond donors (Lipinski definition) is 7. The molecule has 3 aromatic rings. The lowest BCUT2D eigenvalue weighted by molar-refractivity contribution is -0.142. The molecule has 0 radical (unpaired) electrons. The summed E-state index contributed by atoms with van der Waals surface area (Å²) in [5, 5.41) is 17.9.